The van der Waals surface area contributed by atoms with Crippen LogP contribution in [0, 0.1) is 13.8 Å². The number of phenolic OH excluding ortho intramolecular Hbond substituents is 1. The molecule has 1 N–H and O–H groups in total. The van der Waals surface area contributed by atoms with Crippen LogP contribution in [0.2, 0.25) is 0 Å². The van der Waals surface area contributed by atoms with E-state index in [4.69, 9.17) is 4.42 Å². The number of aromatic hydroxyl groups is 1. The van der Waals surface area contributed by atoms with Gasteiger partial charge in [-0.3, -0.25) is 9.69 Å². The molecule has 3 rings (SSSR count). The summed E-state index contributed by atoms with van der Waals surface area (Å²) in [6, 6.07) is 1.87. The number of carbonyl (C=O) groups excluding carboxylic acids is 1. The first-order chi connectivity index (χ1) is 11.9. The summed E-state index contributed by atoms with van der Waals surface area (Å²) in [5.41, 5.74) is 2.17. The Bertz CT molecular complexity index is 878. The molecule has 0 atom stereocenters. The number of likely N-dealkylation sites (tertiary alicyclic amines) is 1. The molecule has 1 fully saturated rings. The van der Waals surface area contributed by atoms with Crippen molar-refractivity contribution in [1.82, 2.24) is 4.90 Å². The minimum Gasteiger partial charge on any atom is -0.507 e. The van der Waals surface area contributed by atoms with Crippen molar-refractivity contribution in [2.75, 3.05) is 20.2 Å². The molecule has 0 unspecified atom stereocenters. The van der Waals surface area contributed by atoms with Crippen LogP contribution in [-0.4, -0.2) is 36.2 Å². The van der Waals surface area contributed by atoms with Gasteiger partial charge < -0.3 is 14.3 Å². The summed E-state index contributed by atoms with van der Waals surface area (Å²) in [7, 11) is 1.29. The molecule has 0 aliphatic carbocycles. The molecule has 134 valence electrons. The van der Waals surface area contributed by atoms with Crippen molar-refractivity contribution in [2.45, 2.75) is 39.7 Å². The van der Waals surface area contributed by atoms with Crippen LogP contribution < -0.4 is 5.63 Å². The number of benzene rings is 1. The molecule has 2 aromatic rings. The molecule has 1 aromatic heterocycles. The molecular weight excluding hydrogens is 322 g/mol. The standard InChI is InChI=1S/C19H23NO5/c1-11-14-8-13(10-20-6-4-5-7-20)17(22)12(2)18(14)25-19(23)15(11)9-16(21)24-3/h8,22H,4-7,9-10H2,1-3H3. The molecule has 0 saturated carbocycles. The first-order valence-corrected chi connectivity index (χ1v) is 8.49. The van der Waals surface area contributed by atoms with Crippen LogP contribution in [0.3, 0.4) is 0 Å². The number of nitrogens with zero attached hydrogens (tertiary/aromatic N) is 1. The van der Waals surface area contributed by atoms with E-state index in [9.17, 15) is 14.7 Å². The Morgan fingerprint density at radius 3 is 2.60 bits per heavy atom. The van der Waals surface area contributed by atoms with Gasteiger partial charge in [0.1, 0.15) is 11.3 Å². The van der Waals surface area contributed by atoms with Crippen LogP contribution in [0.25, 0.3) is 11.0 Å². The zero-order valence-electron chi connectivity index (χ0n) is 14.8. The average Bonchev–Trinajstić information content (AvgIpc) is 3.10. The first-order valence-electron chi connectivity index (χ1n) is 8.49. The van der Waals surface area contributed by atoms with Gasteiger partial charge >= 0.3 is 11.6 Å². The van der Waals surface area contributed by atoms with E-state index < -0.39 is 11.6 Å². The molecule has 0 radical (unpaired) electrons. The molecule has 0 amide bonds. The zero-order valence-corrected chi connectivity index (χ0v) is 14.8. The van der Waals surface area contributed by atoms with Gasteiger partial charge in [-0.05, 0) is 51.4 Å². The summed E-state index contributed by atoms with van der Waals surface area (Å²) in [5.74, 6) is -0.315. The maximum atomic E-state index is 12.3. The van der Waals surface area contributed by atoms with Crippen LogP contribution in [0.1, 0.15) is 35.1 Å². The summed E-state index contributed by atoms with van der Waals surface area (Å²) >= 11 is 0. The zero-order chi connectivity index (χ0) is 18.1. The van der Waals surface area contributed by atoms with Gasteiger partial charge in [-0.15, -0.1) is 0 Å². The predicted octanol–water partition coefficient (Wildman–Crippen LogP) is 2.43. The Morgan fingerprint density at radius 2 is 1.96 bits per heavy atom. The van der Waals surface area contributed by atoms with Crippen molar-refractivity contribution in [3.8, 4) is 5.75 Å². The van der Waals surface area contributed by atoms with E-state index in [1.54, 1.807) is 13.8 Å². The first kappa shape index (κ1) is 17.5. The van der Waals surface area contributed by atoms with E-state index in [0.717, 1.165) is 24.0 Å². The summed E-state index contributed by atoms with van der Waals surface area (Å²) in [5, 5.41) is 11.3. The van der Waals surface area contributed by atoms with Gasteiger partial charge in [0.25, 0.3) is 0 Å². The highest BCUT2D eigenvalue weighted by Crippen LogP contribution is 2.33. The summed E-state index contributed by atoms with van der Waals surface area (Å²) in [4.78, 5) is 26.2. The molecule has 0 bridgehead atoms. The summed E-state index contributed by atoms with van der Waals surface area (Å²) in [6.07, 6.45) is 2.22. The lowest BCUT2D eigenvalue weighted by molar-refractivity contribution is -0.139. The molecular formula is C19H23NO5. The highest BCUT2D eigenvalue weighted by atomic mass is 16.5. The molecule has 1 aliphatic heterocycles. The average molecular weight is 345 g/mol. The Kier molecular flexibility index (Phi) is 4.81. The fourth-order valence-electron chi connectivity index (χ4n) is 3.46. The van der Waals surface area contributed by atoms with Gasteiger partial charge in [0, 0.05) is 23.1 Å². The third-order valence-electron chi connectivity index (χ3n) is 5.00. The van der Waals surface area contributed by atoms with Crippen molar-refractivity contribution >= 4 is 16.9 Å². The second-order valence-corrected chi connectivity index (χ2v) is 6.62. The van der Waals surface area contributed by atoms with E-state index in [0.29, 0.717) is 28.8 Å². The van der Waals surface area contributed by atoms with Crippen molar-refractivity contribution in [3.05, 3.63) is 38.7 Å². The predicted molar refractivity (Wildman–Crippen MR) is 93.9 cm³/mol. The van der Waals surface area contributed by atoms with Crippen LogP contribution >= 0.6 is 0 Å². The number of aryl methyl sites for hydroxylation is 2. The molecule has 1 aromatic carbocycles. The number of hydrogen-bond donors (Lipinski definition) is 1. The molecule has 0 spiro atoms. The third-order valence-corrected chi connectivity index (χ3v) is 5.00. The van der Waals surface area contributed by atoms with Crippen molar-refractivity contribution < 1.29 is 19.1 Å². The van der Waals surface area contributed by atoms with Crippen LogP contribution in [-0.2, 0) is 22.5 Å². The minimum absolute atomic E-state index is 0.123. The van der Waals surface area contributed by atoms with Gasteiger partial charge in [0.2, 0.25) is 0 Å². The summed E-state index contributed by atoms with van der Waals surface area (Å²) < 4.78 is 10.1. The molecule has 25 heavy (non-hydrogen) atoms. The third kappa shape index (κ3) is 3.26. The van der Waals surface area contributed by atoms with Gasteiger partial charge in [-0.25, -0.2) is 4.79 Å². The van der Waals surface area contributed by atoms with E-state index >= 15 is 0 Å². The minimum atomic E-state index is -0.565. The van der Waals surface area contributed by atoms with Crippen LogP contribution in [0.15, 0.2) is 15.3 Å². The Morgan fingerprint density at radius 1 is 1.28 bits per heavy atom. The number of fused-ring (bicyclic) bond motifs is 1. The number of phenols is 1. The fraction of sp³-hybridized carbons (Fsp3) is 0.474. The lowest BCUT2D eigenvalue weighted by Gasteiger charge is -2.18. The highest BCUT2D eigenvalue weighted by molar-refractivity contribution is 5.87. The lowest BCUT2D eigenvalue weighted by atomic mass is 9.98. The lowest BCUT2D eigenvalue weighted by Crippen LogP contribution is -2.19. The van der Waals surface area contributed by atoms with Gasteiger partial charge in [0.05, 0.1) is 19.1 Å². The summed E-state index contributed by atoms with van der Waals surface area (Å²) in [6.45, 7) is 6.24. The molecule has 6 nitrogen and oxygen atoms in total. The van der Waals surface area contributed by atoms with Gasteiger partial charge in [0.15, 0.2) is 0 Å². The maximum Gasteiger partial charge on any atom is 0.340 e. The second-order valence-electron chi connectivity index (χ2n) is 6.62. The monoisotopic (exact) mass is 345 g/mol. The van der Waals surface area contributed by atoms with Crippen molar-refractivity contribution in [3.63, 3.8) is 0 Å². The SMILES string of the molecule is COC(=O)Cc1c(C)c2cc(CN3CCCC3)c(O)c(C)c2oc1=O. The smallest absolute Gasteiger partial charge is 0.340 e. The van der Waals surface area contributed by atoms with Crippen LogP contribution in [0.5, 0.6) is 5.75 Å². The quantitative estimate of drug-likeness (QED) is 0.677. The maximum absolute atomic E-state index is 12.3. The number of carbonyl (C=O) groups is 1. The Balaban J connectivity index is 2.13. The fourth-order valence-corrected chi connectivity index (χ4v) is 3.46. The number of methoxy groups -OCH3 is 1. The van der Waals surface area contributed by atoms with Gasteiger partial charge in [-0.1, -0.05) is 0 Å². The molecule has 6 heteroatoms. The topological polar surface area (TPSA) is 80.0 Å². The van der Waals surface area contributed by atoms with E-state index in [1.165, 1.54) is 20.0 Å². The van der Waals surface area contributed by atoms with Crippen LogP contribution in [0.4, 0.5) is 0 Å². The number of ether oxygens (including phenoxy) is 1. The van der Waals surface area contributed by atoms with E-state index in [2.05, 4.69) is 9.64 Å². The molecule has 1 aliphatic rings. The Hall–Kier alpha value is -2.34. The second kappa shape index (κ2) is 6.88. The van der Waals surface area contributed by atoms with Gasteiger partial charge in [-0.2, -0.15) is 0 Å². The number of rotatable bonds is 4. The van der Waals surface area contributed by atoms with E-state index in [-0.39, 0.29) is 12.2 Å². The largest absolute Gasteiger partial charge is 0.507 e. The number of hydrogen-bond acceptors (Lipinski definition) is 6. The molecule has 2 heterocycles. The van der Waals surface area contributed by atoms with E-state index in [1.807, 2.05) is 6.07 Å². The Labute approximate surface area is 146 Å². The van der Waals surface area contributed by atoms with Crippen molar-refractivity contribution in [1.29, 1.82) is 0 Å². The normalized spacial score (nSPS) is 15.0. The molecule has 1 saturated heterocycles. The highest BCUT2D eigenvalue weighted by Gasteiger charge is 2.21. The van der Waals surface area contributed by atoms with Crippen molar-refractivity contribution in [2.24, 2.45) is 0 Å². The number of esters is 1.